The highest BCUT2D eigenvalue weighted by Gasteiger charge is 2.24. The van der Waals surface area contributed by atoms with Gasteiger partial charge in [-0.05, 0) is 56.0 Å². The van der Waals surface area contributed by atoms with E-state index in [9.17, 15) is 4.79 Å². The molecule has 2 aliphatic rings. The number of halogens is 1. The molecule has 134 valence electrons. The molecule has 0 aliphatic carbocycles. The summed E-state index contributed by atoms with van der Waals surface area (Å²) in [5.74, 6) is 1.23. The van der Waals surface area contributed by atoms with Gasteiger partial charge in [0.25, 0.3) is 6.01 Å². The van der Waals surface area contributed by atoms with Crippen LogP contribution < -0.4 is 15.5 Å². The van der Waals surface area contributed by atoms with E-state index in [0.717, 1.165) is 56.7 Å². The van der Waals surface area contributed by atoms with Gasteiger partial charge >= 0.3 is 0 Å². The van der Waals surface area contributed by atoms with Crippen LogP contribution in [0, 0.1) is 11.8 Å². The topological polar surface area (TPSA) is 70.4 Å². The van der Waals surface area contributed by atoms with Gasteiger partial charge in [-0.2, -0.15) is 4.98 Å². The number of carbonyl (C=O) groups is 1. The molecule has 1 aromatic carbocycles. The summed E-state index contributed by atoms with van der Waals surface area (Å²) in [4.78, 5) is 18.6. The van der Waals surface area contributed by atoms with E-state index >= 15 is 0 Å². The summed E-state index contributed by atoms with van der Waals surface area (Å²) in [6, 6.07) is 6.16. The molecule has 6 nitrogen and oxygen atoms in total. The van der Waals surface area contributed by atoms with Crippen LogP contribution in [0.5, 0.6) is 0 Å². The van der Waals surface area contributed by atoms with E-state index in [1.165, 1.54) is 0 Å². The first-order valence-electron chi connectivity index (χ1n) is 8.96. The van der Waals surface area contributed by atoms with Crippen LogP contribution in [0.2, 0.25) is 5.02 Å². The number of fused-ring (bicyclic) bond motifs is 1. The molecule has 4 rings (SSSR count). The van der Waals surface area contributed by atoms with Crippen LogP contribution in [0.4, 0.5) is 6.01 Å². The summed E-state index contributed by atoms with van der Waals surface area (Å²) < 4.78 is 5.84. The van der Waals surface area contributed by atoms with E-state index < -0.39 is 0 Å². The monoisotopic (exact) mass is 362 g/mol. The fraction of sp³-hybridized carbons (Fsp3) is 0.556. The number of oxazole rings is 1. The van der Waals surface area contributed by atoms with Crippen LogP contribution in [-0.4, -0.2) is 43.6 Å². The molecule has 0 saturated carbocycles. The van der Waals surface area contributed by atoms with Gasteiger partial charge in [-0.1, -0.05) is 11.6 Å². The lowest BCUT2D eigenvalue weighted by molar-refractivity contribution is -0.122. The predicted octanol–water partition coefficient (Wildman–Crippen LogP) is 2.42. The Morgan fingerprint density at radius 3 is 2.84 bits per heavy atom. The van der Waals surface area contributed by atoms with Gasteiger partial charge in [-0.15, -0.1) is 0 Å². The average molecular weight is 363 g/mol. The van der Waals surface area contributed by atoms with Gasteiger partial charge in [-0.25, -0.2) is 0 Å². The van der Waals surface area contributed by atoms with Crippen LogP contribution in [0.3, 0.4) is 0 Å². The van der Waals surface area contributed by atoms with Crippen molar-refractivity contribution < 1.29 is 9.21 Å². The van der Waals surface area contributed by atoms with Gasteiger partial charge in [0, 0.05) is 31.1 Å². The second kappa shape index (κ2) is 7.22. The molecule has 0 unspecified atom stereocenters. The van der Waals surface area contributed by atoms with Gasteiger partial charge in [0.05, 0.1) is 0 Å². The van der Waals surface area contributed by atoms with E-state index in [-0.39, 0.29) is 5.91 Å². The fourth-order valence-corrected chi connectivity index (χ4v) is 3.60. The van der Waals surface area contributed by atoms with Gasteiger partial charge in [0.1, 0.15) is 5.52 Å². The molecule has 0 bridgehead atoms. The Kier molecular flexibility index (Phi) is 4.81. The van der Waals surface area contributed by atoms with E-state index in [1.807, 2.05) is 18.2 Å². The Hall–Kier alpha value is -1.79. The number of aromatic nitrogens is 1. The number of hydrogen-bond donors (Lipinski definition) is 2. The number of rotatable bonds is 5. The third kappa shape index (κ3) is 3.90. The minimum atomic E-state index is 0.185. The molecule has 2 saturated heterocycles. The zero-order valence-corrected chi connectivity index (χ0v) is 14.9. The van der Waals surface area contributed by atoms with Crippen molar-refractivity contribution in [2.45, 2.75) is 19.3 Å². The molecule has 1 amide bonds. The van der Waals surface area contributed by atoms with Crippen LogP contribution in [-0.2, 0) is 4.79 Å². The first-order valence-corrected chi connectivity index (χ1v) is 9.33. The van der Waals surface area contributed by atoms with Crippen LogP contribution >= 0.6 is 11.6 Å². The molecular formula is C18H23ClN4O2. The van der Waals surface area contributed by atoms with Crippen molar-refractivity contribution in [3.05, 3.63) is 23.2 Å². The summed E-state index contributed by atoms with van der Waals surface area (Å²) in [7, 11) is 0. The maximum atomic E-state index is 11.9. The number of benzene rings is 1. The molecule has 0 spiro atoms. The molecule has 7 heteroatoms. The van der Waals surface area contributed by atoms with Gasteiger partial charge in [-0.3, -0.25) is 4.79 Å². The summed E-state index contributed by atoms with van der Waals surface area (Å²) in [6.45, 7) is 4.51. The van der Waals surface area contributed by atoms with E-state index in [0.29, 0.717) is 29.3 Å². The minimum Gasteiger partial charge on any atom is -0.423 e. The molecular weight excluding hydrogens is 340 g/mol. The molecule has 0 radical (unpaired) electrons. The normalized spacial score (nSPS) is 19.2. The smallest absolute Gasteiger partial charge is 0.298 e. The van der Waals surface area contributed by atoms with Crippen molar-refractivity contribution in [3.63, 3.8) is 0 Å². The molecule has 0 atom stereocenters. The van der Waals surface area contributed by atoms with Crippen LogP contribution in [0.1, 0.15) is 19.3 Å². The standard InChI is InChI=1S/C18H23ClN4O2/c19-14-1-2-16-15(8-14)22-18(25-16)23-5-3-12(4-6-23)11-21-17(24)7-13-9-20-10-13/h1-2,8,12-13,20H,3-7,9-11H2,(H,21,24). The Labute approximate surface area is 151 Å². The zero-order valence-electron chi connectivity index (χ0n) is 14.1. The first kappa shape index (κ1) is 16.7. The Bertz CT molecular complexity index is 751. The summed E-state index contributed by atoms with van der Waals surface area (Å²) in [5.41, 5.74) is 1.56. The van der Waals surface area contributed by atoms with Gasteiger partial charge in [0.2, 0.25) is 5.91 Å². The molecule has 2 fully saturated rings. The summed E-state index contributed by atoms with van der Waals surface area (Å²) in [6.07, 6.45) is 2.72. The number of nitrogens with one attached hydrogen (secondary N) is 2. The van der Waals surface area contributed by atoms with Crippen molar-refractivity contribution >= 4 is 34.6 Å². The Morgan fingerprint density at radius 2 is 2.12 bits per heavy atom. The van der Waals surface area contributed by atoms with E-state index in [1.54, 1.807) is 0 Å². The van der Waals surface area contributed by atoms with Crippen molar-refractivity contribution in [2.75, 3.05) is 37.6 Å². The lowest BCUT2D eigenvalue weighted by Crippen LogP contribution is -2.45. The third-order valence-electron chi connectivity index (χ3n) is 5.15. The lowest BCUT2D eigenvalue weighted by Gasteiger charge is -2.31. The molecule has 3 heterocycles. The number of anilines is 1. The van der Waals surface area contributed by atoms with Crippen molar-refractivity contribution in [3.8, 4) is 0 Å². The summed E-state index contributed by atoms with van der Waals surface area (Å²) >= 11 is 6.00. The number of nitrogens with zero attached hydrogens (tertiary/aromatic N) is 2. The quantitative estimate of drug-likeness (QED) is 0.854. The van der Waals surface area contributed by atoms with Crippen LogP contribution in [0.25, 0.3) is 11.1 Å². The van der Waals surface area contributed by atoms with E-state index in [2.05, 4.69) is 20.5 Å². The van der Waals surface area contributed by atoms with Crippen LogP contribution in [0.15, 0.2) is 22.6 Å². The highest BCUT2D eigenvalue weighted by atomic mass is 35.5. The molecule has 2 N–H and O–H groups in total. The Morgan fingerprint density at radius 1 is 1.32 bits per heavy atom. The molecule has 2 aliphatic heterocycles. The highest BCUT2D eigenvalue weighted by molar-refractivity contribution is 6.31. The number of piperidine rings is 1. The van der Waals surface area contributed by atoms with Gasteiger partial charge < -0.3 is 20.0 Å². The average Bonchev–Trinajstić information content (AvgIpc) is 3.00. The van der Waals surface area contributed by atoms with Gasteiger partial charge in [0.15, 0.2) is 5.58 Å². The third-order valence-corrected chi connectivity index (χ3v) is 5.39. The van der Waals surface area contributed by atoms with Crippen molar-refractivity contribution in [1.82, 2.24) is 15.6 Å². The summed E-state index contributed by atoms with van der Waals surface area (Å²) in [5, 5.41) is 6.96. The zero-order chi connectivity index (χ0) is 17.2. The second-order valence-corrected chi connectivity index (χ2v) is 7.51. The SMILES string of the molecule is O=C(CC1CNC1)NCC1CCN(c2nc3cc(Cl)ccc3o2)CC1. The van der Waals surface area contributed by atoms with Crippen molar-refractivity contribution in [2.24, 2.45) is 11.8 Å². The number of hydrogen-bond acceptors (Lipinski definition) is 5. The maximum absolute atomic E-state index is 11.9. The minimum absolute atomic E-state index is 0.185. The molecule has 2 aromatic rings. The predicted molar refractivity (Wildman–Crippen MR) is 97.9 cm³/mol. The second-order valence-electron chi connectivity index (χ2n) is 7.07. The lowest BCUT2D eigenvalue weighted by atomic mass is 9.96. The first-order chi connectivity index (χ1) is 12.2. The largest absolute Gasteiger partial charge is 0.423 e. The Balaban J connectivity index is 1.26. The molecule has 1 aromatic heterocycles. The highest BCUT2D eigenvalue weighted by Crippen LogP contribution is 2.27. The van der Waals surface area contributed by atoms with Crippen molar-refractivity contribution in [1.29, 1.82) is 0 Å². The molecule has 25 heavy (non-hydrogen) atoms. The van der Waals surface area contributed by atoms with E-state index in [4.69, 9.17) is 16.0 Å². The fourth-order valence-electron chi connectivity index (χ4n) is 3.44. The maximum Gasteiger partial charge on any atom is 0.298 e. The number of carbonyl (C=O) groups excluding carboxylic acids is 1. The number of amides is 1.